The van der Waals surface area contributed by atoms with Crippen LogP contribution in [0.25, 0.3) is 0 Å². The molecule has 1 N–H and O–H groups in total. The van der Waals surface area contributed by atoms with Crippen molar-refractivity contribution in [3.8, 4) is 0 Å². The van der Waals surface area contributed by atoms with Crippen molar-refractivity contribution in [1.82, 2.24) is 5.09 Å². The van der Waals surface area contributed by atoms with E-state index in [0.29, 0.717) is 0 Å². The molecule has 2 nitrogen and oxygen atoms in total. The summed E-state index contributed by atoms with van der Waals surface area (Å²) in [5.74, 6) is 0.173. The molecule has 0 rings (SSSR count). The molecule has 0 heterocycles. The minimum Gasteiger partial charge on any atom is -0.340 e. The predicted molar refractivity (Wildman–Crippen MR) is 31.7 cm³/mol. The Morgan fingerprint density at radius 3 is 2.50 bits per heavy atom. The molecule has 0 spiro atoms. The van der Waals surface area contributed by atoms with Crippen LogP contribution in [0.4, 0.5) is 0 Å². The SMILES string of the molecule is O=C(CS)NP. The van der Waals surface area contributed by atoms with Crippen LogP contribution in [-0.2, 0) is 4.79 Å². The second-order valence-corrected chi connectivity index (χ2v) is 1.33. The highest BCUT2D eigenvalue weighted by Crippen LogP contribution is 1.74. The predicted octanol–water partition coefficient (Wildman–Crippen LogP) is -0.177. The summed E-state index contributed by atoms with van der Waals surface area (Å²) in [7, 11) is 2.09. The fourth-order valence-corrected chi connectivity index (χ4v) is 0.411. The van der Waals surface area contributed by atoms with E-state index >= 15 is 0 Å². The van der Waals surface area contributed by atoms with Crippen LogP contribution in [0.5, 0.6) is 0 Å². The minimum absolute atomic E-state index is 0.0802. The summed E-state index contributed by atoms with van der Waals surface area (Å²) in [5.41, 5.74) is 0. The van der Waals surface area contributed by atoms with Crippen LogP contribution in [-0.4, -0.2) is 11.7 Å². The number of amides is 1. The number of thiol groups is 1. The maximum Gasteiger partial charge on any atom is 0.232 e. The molecule has 0 aromatic carbocycles. The van der Waals surface area contributed by atoms with Gasteiger partial charge in [-0.05, 0) is 9.39 Å². The van der Waals surface area contributed by atoms with Crippen molar-refractivity contribution in [3.05, 3.63) is 0 Å². The number of rotatable bonds is 1. The summed E-state index contributed by atoms with van der Waals surface area (Å²) in [5, 5.41) is 2.32. The summed E-state index contributed by atoms with van der Waals surface area (Å²) in [6, 6.07) is 0. The molecular formula is C2H6NOPS. The molecule has 0 fully saturated rings. The summed E-state index contributed by atoms with van der Waals surface area (Å²) in [6.07, 6.45) is 0. The summed E-state index contributed by atoms with van der Waals surface area (Å²) in [4.78, 5) is 9.97. The van der Waals surface area contributed by atoms with E-state index in [9.17, 15) is 4.79 Å². The van der Waals surface area contributed by atoms with Gasteiger partial charge in [0.25, 0.3) is 0 Å². The summed E-state index contributed by atoms with van der Waals surface area (Å²) in [6.45, 7) is 0. The first-order valence-electron chi connectivity index (χ1n) is 1.41. The Bertz CT molecular complexity index is 51.5. The highest BCUT2D eigenvalue weighted by atomic mass is 32.1. The van der Waals surface area contributed by atoms with Gasteiger partial charge in [0.15, 0.2) is 0 Å². The van der Waals surface area contributed by atoms with E-state index in [1.54, 1.807) is 0 Å². The van der Waals surface area contributed by atoms with Gasteiger partial charge in [-0.1, -0.05) is 0 Å². The van der Waals surface area contributed by atoms with Crippen molar-refractivity contribution < 1.29 is 4.79 Å². The molecule has 0 aliphatic rings. The Morgan fingerprint density at radius 1 is 2.00 bits per heavy atom. The largest absolute Gasteiger partial charge is 0.340 e. The lowest BCUT2D eigenvalue weighted by molar-refractivity contribution is -0.116. The smallest absolute Gasteiger partial charge is 0.232 e. The van der Waals surface area contributed by atoms with E-state index in [-0.39, 0.29) is 11.7 Å². The fourth-order valence-electron chi connectivity index (χ4n) is 0.0456. The van der Waals surface area contributed by atoms with Crippen molar-refractivity contribution >= 4 is 27.9 Å². The zero-order valence-corrected chi connectivity index (χ0v) is 5.19. The van der Waals surface area contributed by atoms with Crippen LogP contribution in [0.1, 0.15) is 0 Å². The fraction of sp³-hybridized carbons (Fsp3) is 0.500. The van der Waals surface area contributed by atoms with E-state index in [4.69, 9.17) is 0 Å². The molecule has 0 aliphatic carbocycles. The first-order valence-corrected chi connectivity index (χ1v) is 2.62. The number of carbonyl (C=O) groups excluding carboxylic acids is 1. The van der Waals surface area contributed by atoms with Gasteiger partial charge in [-0.15, -0.1) is 0 Å². The standard InChI is InChI=1S/C2H6NOPS/c4-2(1-6)3-5/h6H,1,5H2,(H,3,4). The molecule has 36 valence electrons. The number of carbonyl (C=O) groups is 1. The van der Waals surface area contributed by atoms with Crippen LogP contribution >= 0.6 is 22.0 Å². The molecular weight excluding hydrogens is 117 g/mol. The van der Waals surface area contributed by atoms with Crippen molar-refractivity contribution in [2.45, 2.75) is 0 Å². The van der Waals surface area contributed by atoms with Gasteiger partial charge in [-0.3, -0.25) is 4.79 Å². The molecule has 0 saturated carbocycles. The zero-order valence-electron chi connectivity index (χ0n) is 3.14. The van der Waals surface area contributed by atoms with Gasteiger partial charge < -0.3 is 5.09 Å². The lowest BCUT2D eigenvalue weighted by atomic mass is 10.8. The topological polar surface area (TPSA) is 29.1 Å². The highest BCUT2D eigenvalue weighted by molar-refractivity contribution is 7.81. The molecule has 0 aromatic rings. The molecule has 0 radical (unpaired) electrons. The second-order valence-electron chi connectivity index (χ2n) is 0.726. The van der Waals surface area contributed by atoms with Crippen LogP contribution in [0.3, 0.4) is 0 Å². The van der Waals surface area contributed by atoms with E-state index in [0.717, 1.165) is 0 Å². The molecule has 0 bridgehead atoms. The highest BCUT2D eigenvalue weighted by Gasteiger charge is 1.85. The molecule has 0 aliphatic heterocycles. The van der Waals surface area contributed by atoms with Crippen LogP contribution in [0, 0.1) is 0 Å². The molecule has 1 atom stereocenters. The van der Waals surface area contributed by atoms with Gasteiger partial charge >= 0.3 is 0 Å². The van der Waals surface area contributed by atoms with Crippen LogP contribution < -0.4 is 5.09 Å². The van der Waals surface area contributed by atoms with Gasteiger partial charge in [-0.25, -0.2) is 0 Å². The molecule has 0 aromatic heterocycles. The Kier molecular flexibility index (Phi) is 3.58. The Labute approximate surface area is 44.4 Å². The van der Waals surface area contributed by atoms with E-state index in [1.165, 1.54) is 0 Å². The maximum absolute atomic E-state index is 9.97. The van der Waals surface area contributed by atoms with Crippen LogP contribution in [0.2, 0.25) is 0 Å². The molecule has 1 amide bonds. The third-order valence-corrected chi connectivity index (χ3v) is 0.914. The first kappa shape index (κ1) is 6.25. The average Bonchev–Trinajstić information content (AvgIpc) is 1.65. The van der Waals surface area contributed by atoms with E-state index < -0.39 is 0 Å². The van der Waals surface area contributed by atoms with Crippen molar-refractivity contribution in [2.75, 3.05) is 5.75 Å². The third kappa shape index (κ3) is 2.49. The molecule has 6 heavy (non-hydrogen) atoms. The minimum atomic E-state index is -0.0802. The van der Waals surface area contributed by atoms with Gasteiger partial charge in [-0.2, -0.15) is 12.6 Å². The maximum atomic E-state index is 9.97. The average molecular weight is 123 g/mol. The molecule has 1 unspecified atom stereocenters. The Balaban J connectivity index is 2.99. The second kappa shape index (κ2) is 3.44. The summed E-state index contributed by atoms with van der Waals surface area (Å²) >= 11 is 3.67. The molecule has 4 heteroatoms. The Morgan fingerprint density at radius 2 is 2.50 bits per heavy atom. The lowest BCUT2D eigenvalue weighted by Gasteiger charge is -1.86. The Hall–Kier alpha value is 0.250. The van der Waals surface area contributed by atoms with Crippen LogP contribution in [0.15, 0.2) is 0 Å². The number of hydrogen-bond donors (Lipinski definition) is 2. The third-order valence-electron chi connectivity index (χ3n) is 0.305. The molecule has 0 saturated heterocycles. The monoisotopic (exact) mass is 123 g/mol. The lowest BCUT2D eigenvalue weighted by Crippen LogP contribution is -2.11. The quantitative estimate of drug-likeness (QED) is 0.367. The normalized spacial score (nSPS) is 7.67. The number of nitrogens with one attached hydrogen (secondary N) is 1. The van der Waals surface area contributed by atoms with Crippen molar-refractivity contribution in [2.24, 2.45) is 0 Å². The first-order chi connectivity index (χ1) is 2.81. The van der Waals surface area contributed by atoms with Gasteiger partial charge in [0, 0.05) is 0 Å². The van der Waals surface area contributed by atoms with Crippen molar-refractivity contribution in [3.63, 3.8) is 0 Å². The van der Waals surface area contributed by atoms with Gasteiger partial charge in [0.2, 0.25) is 5.91 Å². The van der Waals surface area contributed by atoms with Gasteiger partial charge in [0.05, 0.1) is 5.75 Å². The van der Waals surface area contributed by atoms with E-state index in [2.05, 4.69) is 27.1 Å². The number of hydrogen-bond acceptors (Lipinski definition) is 2. The summed E-state index contributed by atoms with van der Waals surface area (Å²) < 4.78 is 0. The van der Waals surface area contributed by atoms with E-state index in [1.807, 2.05) is 0 Å². The van der Waals surface area contributed by atoms with Crippen molar-refractivity contribution in [1.29, 1.82) is 0 Å². The zero-order chi connectivity index (χ0) is 4.99. The van der Waals surface area contributed by atoms with Gasteiger partial charge in [0.1, 0.15) is 0 Å².